The highest BCUT2D eigenvalue weighted by atomic mass is 19.1. The molecule has 0 spiro atoms. The smallest absolute Gasteiger partial charge is 0.252 e. The Morgan fingerprint density at radius 3 is 2.09 bits per heavy atom. The fourth-order valence-electron chi connectivity index (χ4n) is 5.03. The zero-order valence-electron chi connectivity index (χ0n) is 25.0. The van der Waals surface area contributed by atoms with Crippen molar-refractivity contribution in [2.45, 2.75) is 19.1 Å². The average molecular weight is 615 g/mol. The number of amides is 2. The predicted molar refractivity (Wildman–Crippen MR) is 169 cm³/mol. The number of nitrogens with one attached hydrogen (secondary N) is 2. The predicted octanol–water partition coefficient (Wildman–Crippen LogP) is 5.61. The number of nitrogens with zero attached hydrogens (tertiary/aromatic N) is 2. The zero-order chi connectivity index (χ0) is 31.6. The summed E-state index contributed by atoms with van der Waals surface area (Å²) in [6.45, 7) is 4.22. The molecule has 4 aromatic carbocycles. The van der Waals surface area contributed by atoms with E-state index in [1.54, 1.807) is 49.4 Å². The molecular weight excluding hydrogens is 578 g/mol. The van der Waals surface area contributed by atoms with E-state index in [1.165, 1.54) is 30.3 Å². The van der Waals surface area contributed by atoms with Gasteiger partial charge in [-0.2, -0.15) is 0 Å². The van der Waals surface area contributed by atoms with Gasteiger partial charge in [-0.3, -0.25) is 14.5 Å². The van der Waals surface area contributed by atoms with Crippen LogP contribution in [0.25, 0.3) is 0 Å². The van der Waals surface area contributed by atoms with Crippen LogP contribution in [-0.4, -0.2) is 61.6 Å². The van der Waals surface area contributed by atoms with Gasteiger partial charge in [0, 0.05) is 31.9 Å². The number of hydrogen-bond donors (Lipinski definition) is 2. The van der Waals surface area contributed by atoms with Crippen molar-refractivity contribution in [3.63, 3.8) is 0 Å². The highest BCUT2D eigenvalue weighted by Crippen LogP contribution is 2.24. The molecule has 4 aromatic rings. The summed E-state index contributed by atoms with van der Waals surface area (Å²) in [7, 11) is 0. The van der Waals surface area contributed by atoms with Gasteiger partial charge in [-0.25, -0.2) is 8.78 Å². The van der Waals surface area contributed by atoms with Gasteiger partial charge in [0.1, 0.15) is 28.7 Å². The Balaban J connectivity index is 1.20. The lowest BCUT2D eigenvalue weighted by Gasteiger charge is -2.36. The highest BCUT2D eigenvalue weighted by Gasteiger charge is 2.36. The van der Waals surface area contributed by atoms with Crippen molar-refractivity contribution in [2.24, 2.45) is 0 Å². The summed E-state index contributed by atoms with van der Waals surface area (Å²) in [5.74, 6) is -0.398. The van der Waals surface area contributed by atoms with Crippen LogP contribution in [0.5, 0.6) is 11.5 Å². The van der Waals surface area contributed by atoms with Crippen LogP contribution in [0.2, 0.25) is 0 Å². The van der Waals surface area contributed by atoms with Gasteiger partial charge in [0.25, 0.3) is 5.91 Å². The van der Waals surface area contributed by atoms with Crippen molar-refractivity contribution in [3.8, 4) is 11.5 Å². The molecule has 234 valence electrons. The summed E-state index contributed by atoms with van der Waals surface area (Å²) in [4.78, 5) is 30.8. The minimum absolute atomic E-state index is 0.0632. The molecule has 0 saturated carbocycles. The minimum atomic E-state index is -1.38. The molecule has 0 aromatic heterocycles. The van der Waals surface area contributed by atoms with Crippen molar-refractivity contribution in [1.29, 1.82) is 0 Å². The Morgan fingerprint density at radius 2 is 1.42 bits per heavy atom. The van der Waals surface area contributed by atoms with Gasteiger partial charge in [0.15, 0.2) is 0 Å². The van der Waals surface area contributed by atoms with E-state index in [-0.39, 0.29) is 37.3 Å². The Kier molecular flexibility index (Phi) is 10.4. The molecular formula is C35H36F2N4O4. The van der Waals surface area contributed by atoms with E-state index in [1.807, 2.05) is 40.1 Å². The summed E-state index contributed by atoms with van der Waals surface area (Å²) in [5, 5.41) is 5.77. The molecule has 2 N–H and O–H groups in total. The van der Waals surface area contributed by atoms with Gasteiger partial charge >= 0.3 is 0 Å². The molecule has 0 radical (unpaired) electrons. The standard InChI is InChI=1S/C35H36F2N4O4/c1-35(25-44-24-26-7-3-2-4-8-26,34(43)38-28-13-17-30(18-14-28)45-29-15-11-27(36)12-16-29)39-33(42)23-40-19-21-41(22-20-40)32-10-6-5-9-31(32)37/h2-18H,19-25H2,1H3,(H,38,43)(H,39,42). The molecule has 1 fully saturated rings. The first-order valence-corrected chi connectivity index (χ1v) is 14.8. The van der Waals surface area contributed by atoms with Crippen LogP contribution in [0.1, 0.15) is 12.5 Å². The lowest BCUT2D eigenvalue weighted by molar-refractivity contribution is -0.133. The normalized spacial score (nSPS) is 14.8. The lowest BCUT2D eigenvalue weighted by atomic mass is 10.0. The Morgan fingerprint density at radius 1 is 0.800 bits per heavy atom. The van der Waals surface area contributed by atoms with Crippen LogP contribution in [-0.2, 0) is 20.9 Å². The third-order valence-corrected chi connectivity index (χ3v) is 7.51. The number of halogens is 2. The molecule has 1 unspecified atom stereocenters. The molecule has 1 aliphatic rings. The monoisotopic (exact) mass is 614 g/mol. The molecule has 8 nitrogen and oxygen atoms in total. The van der Waals surface area contributed by atoms with E-state index < -0.39 is 11.4 Å². The van der Waals surface area contributed by atoms with Crippen LogP contribution < -0.4 is 20.3 Å². The van der Waals surface area contributed by atoms with Crippen molar-refractivity contribution in [3.05, 3.63) is 120 Å². The van der Waals surface area contributed by atoms with E-state index in [4.69, 9.17) is 9.47 Å². The Labute approximate surface area is 261 Å². The van der Waals surface area contributed by atoms with E-state index >= 15 is 0 Å². The number of carbonyl (C=O) groups is 2. The fourth-order valence-corrected chi connectivity index (χ4v) is 5.03. The van der Waals surface area contributed by atoms with E-state index in [0.717, 1.165) is 5.56 Å². The fraction of sp³-hybridized carbons (Fsp3) is 0.257. The molecule has 0 bridgehead atoms. The summed E-state index contributed by atoms with van der Waals surface area (Å²) in [6, 6.07) is 28.6. The molecule has 1 aliphatic heterocycles. The van der Waals surface area contributed by atoms with Gasteiger partial charge in [-0.15, -0.1) is 0 Å². The van der Waals surface area contributed by atoms with Gasteiger partial charge in [-0.05, 0) is 73.2 Å². The minimum Gasteiger partial charge on any atom is -0.457 e. The third kappa shape index (κ3) is 8.87. The molecule has 0 aliphatic carbocycles. The van der Waals surface area contributed by atoms with Crippen molar-refractivity contribution < 1.29 is 27.8 Å². The van der Waals surface area contributed by atoms with Crippen LogP contribution in [0, 0.1) is 11.6 Å². The maximum Gasteiger partial charge on any atom is 0.252 e. The van der Waals surface area contributed by atoms with E-state index in [0.29, 0.717) is 49.1 Å². The second-order valence-electron chi connectivity index (χ2n) is 11.1. The van der Waals surface area contributed by atoms with Crippen LogP contribution >= 0.6 is 0 Å². The van der Waals surface area contributed by atoms with Crippen LogP contribution in [0.4, 0.5) is 20.2 Å². The largest absolute Gasteiger partial charge is 0.457 e. The number of ether oxygens (including phenoxy) is 2. The highest BCUT2D eigenvalue weighted by molar-refractivity contribution is 6.00. The Hall–Kier alpha value is -4.80. The maximum absolute atomic E-state index is 14.2. The number of benzene rings is 4. The van der Waals surface area contributed by atoms with Crippen LogP contribution in [0.3, 0.4) is 0 Å². The molecule has 5 rings (SSSR count). The average Bonchev–Trinajstić information content (AvgIpc) is 3.04. The summed E-state index contributed by atoms with van der Waals surface area (Å²) in [6.07, 6.45) is 0. The van der Waals surface area contributed by atoms with Gasteiger partial charge in [0.2, 0.25) is 5.91 Å². The van der Waals surface area contributed by atoms with Crippen molar-refractivity contribution >= 4 is 23.2 Å². The quantitative estimate of drug-likeness (QED) is 0.216. The topological polar surface area (TPSA) is 83.1 Å². The first kappa shape index (κ1) is 31.6. The van der Waals surface area contributed by atoms with Crippen molar-refractivity contribution in [1.82, 2.24) is 10.2 Å². The number of anilines is 2. The summed E-state index contributed by atoms with van der Waals surface area (Å²) in [5.41, 5.74) is 0.608. The maximum atomic E-state index is 14.2. The van der Waals surface area contributed by atoms with E-state index in [9.17, 15) is 18.4 Å². The second kappa shape index (κ2) is 14.8. The number of carbonyl (C=O) groups excluding carboxylic acids is 2. The van der Waals surface area contributed by atoms with Crippen LogP contribution in [0.15, 0.2) is 103 Å². The van der Waals surface area contributed by atoms with Gasteiger partial charge < -0.3 is 25.0 Å². The lowest BCUT2D eigenvalue weighted by Crippen LogP contribution is -2.60. The molecule has 1 saturated heterocycles. The Bertz CT molecular complexity index is 1560. The second-order valence-corrected chi connectivity index (χ2v) is 11.1. The molecule has 2 amide bonds. The molecule has 1 atom stereocenters. The molecule has 1 heterocycles. The van der Waals surface area contributed by atoms with Gasteiger partial charge in [0.05, 0.1) is 25.4 Å². The van der Waals surface area contributed by atoms with Crippen molar-refractivity contribution in [2.75, 3.05) is 49.5 Å². The zero-order valence-corrected chi connectivity index (χ0v) is 25.0. The SMILES string of the molecule is CC(COCc1ccccc1)(NC(=O)CN1CCN(c2ccccc2F)CC1)C(=O)Nc1ccc(Oc2ccc(F)cc2)cc1. The summed E-state index contributed by atoms with van der Waals surface area (Å²) < 4.78 is 39.1. The molecule has 10 heteroatoms. The summed E-state index contributed by atoms with van der Waals surface area (Å²) >= 11 is 0. The number of para-hydroxylation sites is 1. The first-order chi connectivity index (χ1) is 21.8. The van der Waals surface area contributed by atoms with E-state index in [2.05, 4.69) is 10.6 Å². The molecule has 45 heavy (non-hydrogen) atoms. The van der Waals surface area contributed by atoms with Gasteiger partial charge in [-0.1, -0.05) is 42.5 Å². The number of rotatable bonds is 12. The third-order valence-electron chi connectivity index (χ3n) is 7.51. The number of hydrogen-bond acceptors (Lipinski definition) is 6. The first-order valence-electron chi connectivity index (χ1n) is 14.8. The number of piperazine rings is 1.